The Kier molecular flexibility index (Phi) is 5.72. The molecule has 7 heteroatoms. The minimum absolute atomic E-state index is 0.326. The monoisotopic (exact) mass is 486 g/mol. The Balaban J connectivity index is 1.65. The number of nitrogens with one attached hydrogen (secondary N) is 1. The first-order valence-corrected chi connectivity index (χ1v) is 10.1. The van der Waals surface area contributed by atoms with Crippen LogP contribution in [-0.4, -0.2) is 10.9 Å². The Bertz CT molecular complexity index is 1190. The number of amides is 1. The molecule has 1 aromatic heterocycles. The maximum absolute atomic E-state index is 12.9. The van der Waals surface area contributed by atoms with Crippen LogP contribution in [0.25, 0.3) is 22.8 Å². The molecule has 144 valence electrons. The van der Waals surface area contributed by atoms with Gasteiger partial charge in [-0.15, -0.1) is 0 Å². The van der Waals surface area contributed by atoms with Gasteiger partial charge in [0.2, 0.25) is 5.89 Å². The average molecular weight is 488 g/mol. The van der Waals surface area contributed by atoms with Crippen LogP contribution >= 0.6 is 39.1 Å². The first-order chi connectivity index (χ1) is 14.0. The summed E-state index contributed by atoms with van der Waals surface area (Å²) in [6.07, 6.45) is 1.64. The van der Waals surface area contributed by atoms with Crippen molar-refractivity contribution in [3.63, 3.8) is 0 Å². The van der Waals surface area contributed by atoms with E-state index >= 15 is 0 Å². The molecule has 0 bridgehead atoms. The summed E-state index contributed by atoms with van der Waals surface area (Å²) in [6.45, 7) is 0. The van der Waals surface area contributed by atoms with Crippen molar-refractivity contribution in [1.29, 1.82) is 0 Å². The van der Waals surface area contributed by atoms with Crippen LogP contribution < -0.4 is 5.32 Å². The van der Waals surface area contributed by atoms with Gasteiger partial charge in [-0.1, -0.05) is 63.4 Å². The maximum Gasteiger partial charge on any atom is 0.256 e. The van der Waals surface area contributed by atoms with Gasteiger partial charge >= 0.3 is 0 Å². The molecule has 3 aromatic carbocycles. The Morgan fingerprint density at radius 2 is 1.76 bits per heavy atom. The van der Waals surface area contributed by atoms with Crippen molar-refractivity contribution >= 4 is 50.7 Å². The Labute approximate surface area is 185 Å². The van der Waals surface area contributed by atoms with Crippen molar-refractivity contribution in [1.82, 2.24) is 4.98 Å². The van der Waals surface area contributed by atoms with Gasteiger partial charge in [0.05, 0.1) is 22.5 Å². The quantitative estimate of drug-likeness (QED) is 0.327. The molecule has 4 nitrogen and oxygen atoms in total. The summed E-state index contributed by atoms with van der Waals surface area (Å²) < 4.78 is 6.90. The second-order valence-corrected chi connectivity index (χ2v) is 7.92. The minimum atomic E-state index is -0.326. The molecule has 29 heavy (non-hydrogen) atoms. The molecule has 0 saturated carbocycles. The van der Waals surface area contributed by atoms with E-state index in [2.05, 4.69) is 26.2 Å². The van der Waals surface area contributed by atoms with Crippen molar-refractivity contribution in [2.75, 3.05) is 5.32 Å². The number of carbonyl (C=O) groups is 1. The summed E-state index contributed by atoms with van der Waals surface area (Å²) >= 11 is 15.5. The fourth-order valence-corrected chi connectivity index (χ4v) is 3.51. The molecular formula is C22H13BrCl2N2O2. The molecule has 4 aromatic rings. The third kappa shape index (κ3) is 4.37. The van der Waals surface area contributed by atoms with Crippen molar-refractivity contribution in [2.24, 2.45) is 0 Å². The van der Waals surface area contributed by atoms with E-state index in [1.165, 1.54) is 0 Å². The van der Waals surface area contributed by atoms with Crippen LogP contribution in [0.15, 0.2) is 81.8 Å². The van der Waals surface area contributed by atoms with E-state index in [0.717, 1.165) is 10.0 Å². The normalized spacial score (nSPS) is 10.7. The lowest BCUT2D eigenvalue weighted by atomic mass is 10.1. The van der Waals surface area contributed by atoms with E-state index in [4.69, 9.17) is 27.6 Å². The Morgan fingerprint density at radius 3 is 2.52 bits per heavy atom. The van der Waals surface area contributed by atoms with Crippen LogP contribution in [-0.2, 0) is 0 Å². The molecule has 4 rings (SSSR count). The highest BCUT2D eigenvalue weighted by Crippen LogP contribution is 2.30. The number of anilines is 1. The van der Waals surface area contributed by atoms with Crippen molar-refractivity contribution in [2.45, 2.75) is 0 Å². The highest BCUT2D eigenvalue weighted by atomic mass is 79.9. The largest absolute Gasteiger partial charge is 0.436 e. The molecule has 1 amide bonds. The highest BCUT2D eigenvalue weighted by Gasteiger charge is 2.18. The van der Waals surface area contributed by atoms with E-state index in [1.807, 2.05) is 30.3 Å². The number of hydrogen-bond donors (Lipinski definition) is 1. The van der Waals surface area contributed by atoms with Crippen LogP contribution in [0.4, 0.5) is 5.69 Å². The predicted octanol–water partition coefficient (Wildman–Crippen LogP) is 7.33. The number of halogens is 3. The van der Waals surface area contributed by atoms with Crippen LogP contribution in [0.5, 0.6) is 0 Å². The number of nitrogens with zero attached hydrogens (tertiary/aromatic N) is 1. The first kappa shape index (κ1) is 19.7. The standard InChI is InChI=1S/C22H13BrCl2N2O2/c23-14-7-5-13(6-8-14)20-12-26-22(29-20)17-4-2-1-3-16(17)21(28)27-19-10-9-15(24)11-18(19)25/h1-12H,(H,27,28). The summed E-state index contributed by atoms with van der Waals surface area (Å²) in [6, 6.07) is 19.7. The molecule has 0 aliphatic heterocycles. The van der Waals surface area contributed by atoms with Gasteiger partial charge in [-0.3, -0.25) is 4.79 Å². The molecule has 1 heterocycles. The molecule has 0 fully saturated rings. The lowest BCUT2D eigenvalue weighted by molar-refractivity contribution is 0.102. The average Bonchev–Trinajstić information content (AvgIpc) is 3.20. The van der Waals surface area contributed by atoms with Gasteiger partial charge in [-0.05, 0) is 42.5 Å². The number of hydrogen-bond acceptors (Lipinski definition) is 3. The minimum Gasteiger partial charge on any atom is -0.436 e. The van der Waals surface area contributed by atoms with Crippen molar-refractivity contribution in [3.8, 4) is 22.8 Å². The number of oxazole rings is 1. The van der Waals surface area contributed by atoms with Gasteiger partial charge in [0.25, 0.3) is 5.91 Å². The van der Waals surface area contributed by atoms with E-state index in [1.54, 1.807) is 42.6 Å². The number of aromatic nitrogens is 1. The molecule has 0 unspecified atom stereocenters. The lowest BCUT2D eigenvalue weighted by Gasteiger charge is -2.10. The fraction of sp³-hybridized carbons (Fsp3) is 0. The summed E-state index contributed by atoms with van der Waals surface area (Å²) in [5, 5.41) is 3.66. The van der Waals surface area contributed by atoms with E-state index in [-0.39, 0.29) is 5.91 Å². The smallest absolute Gasteiger partial charge is 0.256 e. The second-order valence-electron chi connectivity index (χ2n) is 6.16. The highest BCUT2D eigenvalue weighted by molar-refractivity contribution is 9.10. The van der Waals surface area contributed by atoms with Gasteiger partial charge in [0.1, 0.15) is 0 Å². The lowest BCUT2D eigenvalue weighted by Crippen LogP contribution is -2.13. The van der Waals surface area contributed by atoms with Crippen molar-refractivity contribution < 1.29 is 9.21 Å². The zero-order chi connectivity index (χ0) is 20.4. The van der Waals surface area contributed by atoms with Gasteiger partial charge in [-0.2, -0.15) is 0 Å². The number of benzene rings is 3. The number of rotatable bonds is 4. The van der Waals surface area contributed by atoms with Crippen LogP contribution in [0, 0.1) is 0 Å². The van der Waals surface area contributed by atoms with Crippen LogP contribution in [0.1, 0.15) is 10.4 Å². The summed E-state index contributed by atoms with van der Waals surface area (Å²) in [7, 11) is 0. The SMILES string of the molecule is O=C(Nc1ccc(Cl)cc1Cl)c1ccccc1-c1ncc(-c2ccc(Br)cc2)o1. The van der Waals surface area contributed by atoms with E-state index in [0.29, 0.717) is 38.5 Å². The molecule has 0 aliphatic carbocycles. The molecule has 0 atom stereocenters. The third-order valence-corrected chi connectivity index (χ3v) is 5.29. The molecule has 0 radical (unpaired) electrons. The van der Waals surface area contributed by atoms with Gasteiger partial charge in [0, 0.05) is 20.6 Å². The predicted molar refractivity (Wildman–Crippen MR) is 119 cm³/mol. The molecular weight excluding hydrogens is 475 g/mol. The molecule has 0 aliphatic rings. The third-order valence-electron chi connectivity index (χ3n) is 4.22. The van der Waals surface area contributed by atoms with Crippen molar-refractivity contribution in [3.05, 3.63) is 93.0 Å². The van der Waals surface area contributed by atoms with Crippen LogP contribution in [0.3, 0.4) is 0 Å². The van der Waals surface area contributed by atoms with Crippen LogP contribution in [0.2, 0.25) is 10.0 Å². The van der Waals surface area contributed by atoms with E-state index < -0.39 is 0 Å². The summed E-state index contributed by atoms with van der Waals surface area (Å²) in [5.74, 6) is 0.646. The molecule has 1 N–H and O–H groups in total. The molecule has 0 saturated heterocycles. The summed E-state index contributed by atoms with van der Waals surface area (Å²) in [5.41, 5.74) is 2.36. The maximum atomic E-state index is 12.9. The first-order valence-electron chi connectivity index (χ1n) is 8.59. The molecule has 0 spiro atoms. The zero-order valence-corrected chi connectivity index (χ0v) is 17.9. The second kappa shape index (κ2) is 8.41. The Hall–Kier alpha value is -2.60. The van der Waals surface area contributed by atoms with Gasteiger partial charge in [0.15, 0.2) is 5.76 Å². The van der Waals surface area contributed by atoms with Gasteiger partial charge < -0.3 is 9.73 Å². The van der Waals surface area contributed by atoms with E-state index in [9.17, 15) is 4.79 Å². The topological polar surface area (TPSA) is 55.1 Å². The van der Waals surface area contributed by atoms with Gasteiger partial charge in [-0.25, -0.2) is 4.98 Å². The zero-order valence-electron chi connectivity index (χ0n) is 14.8. The summed E-state index contributed by atoms with van der Waals surface area (Å²) in [4.78, 5) is 17.2. The number of carbonyl (C=O) groups excluding carboxylic acids is 1. The fourth-order valence-electron chi connectivity index (χ4n) is 2.79. The Morgan fingerprint density at radius 1 is 1.00 bits per heavy atom.